The molecule has 4 heteroatoms. The van der Waals surface area contributed by atoms with Crippen LogP contribution in [0.1, 0.15) is 29.3 Å². The number of rotatable bonds is 5. The molecule has 0 spiro atoms. The Balaban J connectivity index is 2.39. The summed E-state index contributed by atoms with van der Waals surface area (Å²) in [4.78, 5) is 22.8. The van der Waals surface area contributed by atoms with Gasteiger partial charge in [0.15, 0.2) is 0 Å². The molecule has 0 saturated carbocycles. The quantitative estimate of drug-likeness (QED) is 0.790. The van der Waals surface area contributed by atoms with Crippen molar-refractivity contribution in [3.8, 4) is 0 Å². The average Bonchev–Trinajstić information content (AvgIpc) is 2.34. The Kier molecular flexibility index (Phi) is 5.20. The number of benzene rings is 1. The first-order valence-electron chi connectivity index (χ1n) is 5.64. The fourth-order valence-electron chi connectivity index (χ4n) is 1.23. The van der Waals surface area contributed by atoms with E-state index in [1.54, 1.807) is 12.1 Å². The Morgan fingerprint density at radius 3 is 2.47 bits per heavy atom. The van der Waals surface area contributed by atoms with E-state index in [0.717, 1.165) is 12.0 Å². The molecular weight excluding hydrogens is 218 g/mol. The van der Waals surface area contributed by atoms with E-state index < -0.39 is 5.97 Å². The Morgan fingerprint density at radius 1 is 1.24 bits per heavy atom. The van der Waals surface area contributed by atoms with Gasteiger partial charge in [-0.3, -0.25) is 9.59 Å². The van der Waals surface area contributed by atoms with Gasteiger partial charge in [0.1, 0.15) is 6.54 Å². The summed E-state index contributed by atoms with van der Waals surface area (Å²) in [5, 5.41) is 2.51. The molecule has 0 fully saturated rings. The molecule has 0 heterocycles. The van der Waals surface area contributed by atoms with E-state index in [1.807, 2.05) is 26.0 Å². The lowest BCUT2D eigenvalue weighted by atomic mass is 10.1. The molecule has 1 N–H and O–H groups in total. The van der Waals surface area contributed by atoms with Crippen LogP contribution in [0.15, 0.2) is 24.3 Å². The maximum atomic E-state index is 11.6. The van der Waals surface area contributed by atoms with Crippen LogP contribution >= 0.6 is 0 Å². The van der Waals surface area contributed by atoms with Crippen molar-refractivity contribution in [2.75, 3.05) is 13.2 Å². The molecule has 0 aromatic heterocycles. The number of aryl methyl sites for hydroxylation is 1. The predicted molar refractivity (Wildman–Crippen MR) is 64.8 cm³/mol. The zero-order valence-corrected chi connectivity index (χ0v) is 10.2. The summed E-state index contributed by atoms with van der Waals surface area (Å²) in [6.45, 7) is 4.16. The smallest absolute Gasteiger partial charge is 0.325 e. The molecule has 0 aliphatic heterocycles. The highest BCUT2D eigenvalue weighted by Crippen LogP contribution is 2.02. The fraction of sp³-hybridized carbons (Fsp3) is 0.385. The molecule has 0 unspecified atom stereocenters. The lowest BCUT2D eigenvalue weighted by molar-refractivity contribution is -0.142. The number of hydrogen-bond acceptors (Lipinski definition) is 3. The van der Waals surface area contributed by atoms with Gasteiger partial charge in [0, 0.05) is 5.56 Å². The van der Waals surface area contributed by atoms with Gasteiger partial charge in [-0.2, -0.15) is 0 Å². The van der Waals surface area contributed by atoms with Crippen molar-refractivity contribution in [3.05, 3.63) is 35.4 Å². The van der Waals surface area contributed by atoms with E-state index in [0.29, 0.717) is 12.2 Å². The molecular formula is C13H17NO3. The van der Waals surface area contributed by atoms with Gasteiger partial charge in [-0.05, 0) is 25.5 Å². The van der Waals surface area contributed by atoms with Crippen molar-refractivity contribution >= 4 is 11.9 Å². The van der Waals surface area contributed by atoms with Crippen LogP contribution in [0, 0.1) is 6.92 Å². The molecule has 0 saturated heterocycles. The highest BCUT2D eigenvalue weighted by molar-refractivity contribution is 5.95. The third-order valence-electron chi connectivity index (χ3n) is 2.17. The second-order valence-corrected chi connectivity index (χ2v) is 3.77. The molecule has 1 amide bonds. The zero-order valence-electron chi connectivity index (χ0n) is 10.2. The van der Waals surface area contributed by atoms with Gasteiger partial charge in [0.2, 0.25) is 0 Å². The summed E-state index contributed by atoms with van der Waals surface area (Å²) >= 11 is 0. The largest absolute Gasteiger partial charge is 0.464 e. The molecule has 4 nitrogen and oxygen atoms in total. The average molecular weight is 235 g/mol. The molecule has 0 radical (unpaired) electrons. The Labute approximate surface area is 101 Å². The molecule has 1 aromatic rings. The zero-order chi connectivity index (χ0) is 12.7. The van der Waals surface area contributed by atoms with Crippen LogP contribution in [0.5, 0.6) is 0 Å². The minimum atomic E-state index is -0.410. The minimum absolute atomic E-state index is 0.0906. The standard InChI is InChI=1S/C13H17NO3/c1-3-8-17-12(15)9-14-13(16)11-6-4-10(2)5-7-11/h4-7H,3,8-9H2,1-2H3,(H,14,16). The van der Waals surface area contributed by atoms with Gasteiger partial charge >= 0.3 is 5.97 Å². The minimum Gasteiger partial charge on any atom is -0.464 e. The van der Waals surface area contributed by atoms with Crippen LogP contribution in [0.2, 0.25) is 0 Å². The third kappa shape index (κ3) is 4.68. The molecule has 92 valence electrons. The highest BCUT2D eigenvalue weighted by Gasteiger charge is 2.07. The van der Waals surface area contributed by atoms with Crippen LogP contribution in [0.3, 0.4) is 0 Å². The van der Waals surface area contributed by atoms with E-state index in [9.17, 15) is 9.59 Å². The second kappa shape index (κ2) is 6.68. The number of hydrogen-bond donors (Lipinski definition) is 1. The normalized spacial score (nSPS) is 9.76. The predicted octanol–water partition coefficient (Wildman–Crippen LogP) is 1.68. The molecule has 0 bridgehead atoms. The lowest BCUT2D eigenvalue weighted by Gasteiger charge is -2.05. The van der Waals surface area contributed by atoms with Gasteiger partial charge in [0.25, 0.3) is 5.91 Å². The van der Waals surface area contributed by atoms with Gasteiger partial charge in [-0.25, -0.2) is 0 Å². The first-order chi connectivity index (χ1) is 8.13. The maximum Gasteiger partial charge on any atom is 0.325 e. The number of amides is 1. The highest BCUT2D eigenvalue weighted by atomic mass is 16.5. The SMILES string of the molecule is CCCOC(=O)CNC(=O)c1ccc(C)cc1. The fourth-order valence-corrected chi connectivity index (χ4v) is 1.23. The second-order valence-electron chi connectivity index (χ2n) is 3.77. The summed E-state index contributed by atoms with van der Waals surface area (Å²) in [7, 11) is 0. The van der Waals surface area contributed by atoms with E-state index in [4.69, 9.17) is 4.74 Å². The van der Waals surface area contributed by atoms with Crippen molar-refractivity contribution in [2.45, 2.75) is 20.3 Å². The van der Waals surface area contributed by atoms with Crippen LogP contribution in [0.25, 0.3) is 0 Å². The van der Waals surface area contributed by atoms with Crippen molar-refractivity contribution < 1.29 is 14.3 Å². The van der Waals surface area contributed by atoms with E-state index in [2.05, 4.69) is 5.32 Å². The Hall–Kier alpha value is -1.84. The number of ether oxygens (including phenoxy) is 1. The summed E-state index contributed by atoms with van der Waals surface area (Å²) in [6.07, 6.45) is 0.775. The topological polar surface area (TPSA) is 55.4 Å². The first-order valence-corrected chi connectivity index (χ1v) is 5.64. The first kappa shape index (κ1) is 13.2. The summed E-state index contributed by atoms with van der Waals surface area (Å²) in [5.74, 6) is -0.675. The van der Waals surface area contributed by atoms with Gasteiger partial charge in [-0.15, -0.1) is 0 Å². The number of carbonyl (C=O) groups excluding carboxylic acids is 2. The van der Waals surface area contributed by atoms with E-state index in [1.165, 1.54) is 0 Å². The van der Waals surface area contributed by atoms with Gasteiger partial charge < -0.3 is 10.1 Å². The molecule has 0 aliphatic rings. The Bertz CT molecular complexity index is 384. The molecule has 1 rings (SSSR count). The maximum absolute atomic E-state index is 11.6. The van der Waals surface area contributed by atoms with E-state index in [-0.39, 0.29) is 12.5 Å². The molecule has 1 aromatic carbocycles. The summed E-state index contributed by atoms with van der Waals surface area (Å²) in [5.41, 5.74) is 1.63. The van der Waals surface area contributed by atoms with Crippen LogP contribution < -0.4 is 5.32 Å². The van der Waals surface area contributed by atoms with Gasteiger partial charge in [-0.1, -0.05) is 24.6 Å². The van der Waals surface area contributed by atoms with Crippen LogP contribution in [0.4, 0.5) is 0 Å². The number of carbonyl (C=O) groups is 2. The third-order valence-corrected chi connectivity index (χ3v) is 2.17. The summed E-state index contributed by atoms with van der Waals surface area (Å²) in [6, 6.07) is 7.15. The van der Waals surface area contributed by atoms with Crippen molar-refractivity contribution in [1.29, 1.82) is 0 Å². The Morgan fingerprint density at radius 2 is 1.88 bits per heavy atom. The van der Waals surface area contributed by atoms with Crippen LogP contribution in [-0.4, -0.2) is 25.0 Å². The van der Waals surface area contributed by atoms with Crippen molar-refractivity contribution in [3.63, 3.8) is 0 Å². The van der Waals surface area contributed by atoms with E-state index >= 15 is 0 Å². The monoisotopic (exact) mass is 235 g/mol. The van der Waals surface area contributed by atoms with Crippen molar-refractivity contribution in [1.82, 2.24) is 5.32 Å². The molecule has 0 atom stereocenters. The molecule has 0 aliphatic carbocycles. The lowest BCUT2D eigenvalue weighted by Crippen LogP contribution is -2.30. The van der Waals surface area contributed by atoms with Crippen molar-refractivity contribution in [2.24, 2.45) is 0 Å². The summed E-state index contributed by atoms with van der Waals surface area (Å²) < 4.78 is 4.84. The number of nitrogens with one attached hydrogen (secondary N) is 1. The molecule has 17 heavy (non-hydrogen) atoms. The number of esters is 1. The van der Waals surface area contributed by atoms with Gasteiger partial charge in [0.05, 0.1) is 6.61 Å². The van der Waals surface area contributed by atoms with Crippen LogP contribution in [-0.2, 0) is 9.53 Å².